The third-order valence-corrected chi connectivity index (χ3v) is 6.05. The molecule has 0 radical (unpaired) electrons. The summed E-state index contributed by atoms with van der Waals surface area (Å²) in [5.74, 6) is -0.340. The van der Waals surface area contributed by atoms with E-state index in [1.807, 2.05) is 37.3 Å². The van der Waals surface area contributed by atoms with E-state index < -0.39 is 5.97 Å². The van der Waals surface area contributed by atoms with Crippen molar-refractivity contribution in [1.29, 1.82) is 0 Å². The average molecular weight is 507 g/mol. The highest BCUT2D eigenvalue weighted by Crippen LogP contribution is 2.28. The molecule has 2 aliphatic rings. The number of carbonyl (C=O) groups is 3. The third kappa shape index (κ3) is 6.75. The number of esters is 1. The molecule has 196 valence electrons. The largest absolute Gasteiger partial charge is 0.497 e. The number of benzene rings is 1. The van der Waals surface area contributed by atoms with Crippen molar-refractivity contribution < 1.29 is 23.9 Å². The van der Waals surface area contributed by atoms with Crippen LogP contribution >= 0.6 is 0 Å². The van der Waals surface area contributed by atoms with Gasteiger partial charge in [-0.1, -0.05) is 6.08 Å². The maximum absolute atomic E-state index is 13.6. The predicted molar refractivity (Wildman–Crippen MR) is 144 cm³/mol. The zero-order chi connectivity index (χ0) is 26.8. The van der Waals surface area contributed by atoms with Gasteiger partial charge in [-0.05, 0) is 75.6 Å². The summed E-state index contributed by atoms with van der Waals surface area (Å²) < 4.78 is 10.3. The molecule has 2 heterocycles. The molecule has 0 aromatic heterocycles. The van der Waals surface area contributed by atoms with E-state index in [1.165, 1.54) is 6.20 Å². The van der Waals surface area contributed by atoms with Crippen molar-refractivity contribution in [2.45, 2.75) is 39.5 Å². The van der Waals surface area contributed by atoms with Gasteiger partial charge < -0.3 is 25.0 Å². The standard InChI is InChI=1S/C28H34N4O5/c1-4-9-22(36-3)10-8-17-30-26-23(25(29)28(35)37-5-2)16-19-32(27(26)34)21-14-12-20(13-15-21)31-18-7-6-11-24(31)33/h4,8-10,12-15,17H,5-7,11,16,18-19,29H2,1-3H3/b9-4-,17-8+,22-10+,25-23?,30-26?. The first-order valence-corrected chi connectivity index (χ1v) is 12.4. The summed E-state index contributed by atoms with van der Waals surface area (Å²) in [4.78, 5) is 45.9. The van der Waals surface area contributed by atoms with Crippen molar-refractivity contribution in [2.75, 3.05) is 36.6 Å². The summed E-state index contributed by atoms with van der Waals surface area (Å²) in [6.07, 6.45) is 11.2. The zero-order valence-corrected chi connectivity index (χ0v) is 21.6. The summed E-state index contributed by atoms with van der Waals surface area (Å²) >= 11 is 0. The van der Waals surface area contributed by atoms with Gasteiger partial charge in [0.15, 0.2) is 0 Å². The Labute approximate surface area is 217 Å². The minimum absolute atomic E-state index is 0.0711. The molecule has 2 fully saturated rings. The predicted octanol–water partition coefficient (Wildman–Crippen LogP) is 3.78. The van der Waals surface area contributed by atoms with Gasteiger partial charge in [-0.15, -0.1) is 0 Å². The lowest BCUT2D eigenvalue weighted by Crippen LogP contribution is -2.44. The van der Waals surface area contributed by atoms with E-state index >= 15 is 0 Å². The third-order valence-electron chi connectivity index (χ3n) is 6.05. The van der Waals surface area contributed by atoms with Crippen molar-refractivity contribution in [3.05, 3.63) is 71.8 Å². The molecule has 2 saturated heterocycles. The fraction of sp³-hybridized carbons (Fsp3) is 0.357. The van der Waals surface area contributed by atoms with Gasteiger partial charge in [-0.2, -0.15) is 0 Å². The Morgan fingerprint density at radius 2 is 1.78 bits per heavy atom. The normalized spacial score (nSPS) is 19.8. The number of aliphatic imine (C=N–C) groups is 1. The van der Waals surface area contributed by atoms with Crippen LogP contribution in [-0.4, -0.2) is 50.3 Å². The topological polar surface area (TPSA) is 115 Å². The number of ether oxygens (including phenoxy) is 2. The highest BCUT2D eigenvalue weighted by molar-refractivity contribution is 6.51. The fourth-order valence-corrected chi connectivity index (χ4v) is 4.18. The second-order valence-electron chi connectivity index (χ2n) is 8.43. The van der Waals surface area contributed by atoms with E-state index in [4.69, 9.17) is 15.2 Å². The van der Waals surface area contributed by atoms with Crippen LogP contribution in [-0.2, 0) is 23.9 Å². The number of methoxy groups -OCH3 is 1. The Morgan fingerprint density at radius 3 is 2.41 bits per heavy atom. The van der Waals surface area contributed by atoms with Crippen molar-refractivity contribution in [2.24, 2.45) is 10.7 Å². The smallest absolute Gasteiger partial charge is 0.354 e. The molecule has 0 bridgehead atoms. The van der Waals surface area contributed by atoms with Gasteiger partial charge >= 0.3 is 5.97 Å². The molecule has 2 N–H and O–H groups in total. The van der Waals surface area contributed by atoms with Gasteiger partial charge in [0.2, 0.25) is 5.91 Å². The van der Waals surface area contributed by atoms with Crippen molar-refractivity contribution in [3.63, 3.8) is 0 Å². The first-order valence-electron chi connectivity index (χ1n) is 12.4. The van der Waals surface area contributed by atoms with E-state index in [0.29, 0.717) is 43.0 Å². The number of nitrogens with zero attached hydrogens (tertiary/aromatic N) is 3. The Kier molecular flexibility index (Phi) is 9.83. The van der Waals surface area contributed by atoms with Crippen LogP contribution in [0.3, 0.4) is 0 Å². The molecule has 9 nitrogen and oxygen atoms in total. The van der Waals surface area contributed by atoms with E-state index in [0.717, 1.165) is 18.5 Å². The van der Waals surface area contributed by atoms with Gasteiger partial charge in [0.05, 0.1) is 13.7 Å². The Balaban J connectivity index is 1.91. The molecular weight excluding hydrogens is 472 g/mol. The number of rotatable bonds is 8. The Bertz CT molecular complexity index is 1160. The second-order valence-corrected chi connectivity index (χ2v) is 8.43. The molecule has 0 atom stereocenters. The van der Waals surface area contributed by atoms with Crippen LogP contribution in [0.4, 0.5) is 11.4 Å². The fourth-order valence-electron chi connectivity index (χ4n) is 4.18. The molecule has 2 aliphatic heterocycles. The van der Waals surface area contributed by atoms with Crippen molar-refractivity contribution >= 4 is 34.9 Å². The zero-order valence-electron chi connectivity index (χ0n) is 21.6. The summed E-state index contributed by atoms with van der Waals surface area (Å²) in [5.41, 5.74) is 7.87. The van der Waals surface area contributed by atoms with Gasteiger partial charge in [0.1, 0.15) is 17.2 Å². The van der Waals surface area contributed by atoms with Crippen molar-refractivity contribution in [3.8, 4) is 0 Å². The highest BCUT2D eigenvalue weighted by Gasteiger charge is 2.33. The van der Waals surface area contributed by atoms with Gasteiger partial charge in [-0.3, -0.25) is 14.6 Å². The SMILES string of the molecule is C\C=C/C(=C\C=C\N=C1C(=O)N(c2ccc(N3CCCCC3=O)cc2)CCC1=C(N)C(=O)OCC)OC. The van der Waals surface area contributed by atoms with Gasteiger partial charge in [-0.25, -0.2) is 4.79 Å². The van der Waals surface area contributed by atoms with E-state index in [9.17, 15) is 14.4 Å². The summed E-state index contributed by atoms with van der Waals surface area (Å²) in [6, 6.07) is 7.33. The number of carbonyl (C=O) groups excluding carboxylic acids is 3. The van der Waals surface area contributed by atoms with Crippen LogP contribution in [0.25, 0.3) is 0 Å². The summed E-state index contributed by atoms with van der Waals surface area (Å²) in [5, 5.41) is 0. The average Bonchev–Trinajstić information content (AvgIpc) is 2.91. The second kappa shape index (κ2) is 13.2. The molecule has 3 rings (SSSR count). The summed E-state index contributed by atoms with van der Waals surface area (Å²) in [7, 11) is 1.56. The maximum atomic E-state index is 13.6. The molecule has 1 aromatic rings. The van der Waals surface area contributed by atoms with Crippen molar-refractivity contribution in [1.82, 2.24) is 0 Å². The molecule has 37 heavy (non-hydrogen) atoms. The number of nitrogens with two attached hydrogens (primary N) is 1. The Hall–Kier alpha value is -4.14. The van der Waals surface area contributed by atoms with Crippen LogP contribution in [0.15, 0.2) is 76.8 Å². The molecule has 0 unspecified atom stereocenters. The van der Waals surface area contributed by atoms with E-state index in [1.54, 1.807) is 42.1 Å². The first-order chi connectivity index (χ1) is 17.9. The van der Waals surface area contributed by atoms with Crippen LogP contribution < -0.4 is 15.5 Å². The molecule has 0 spiro atoms. The lowest BCUT2D eigenvalue weighted by molar-refractivity contribution is -0.138. The van der Waals surface area contributed by atoms with Crippen LogP contribution in [0.1, 0.15) is 39.5 Å². The number of allylic oxidation sites excluding steroid dienone is 4. The number of hydrogen-bond donors (Lipinski definition) is 1. The molecule has 2 amide bonds. The van der Waals surface area contributed by atoms with Gasteiger partial charge in [0.25, 0.3) is 5.91 Å². The lowest BCUT2D eigenvalue weighted by atomic mass is 9.97. The number of hydrogen-bond acceptors (Lipinski definition) is 7. The minimum atomic E-state index is -0.680. The molecule has 9 heteroatoms. The molecule has 1 aromatic carbocycles. The lowest BCUT2D eigenvalue weighted by Gasteiger charge is -2.31. The van der Waals surface area contributed by atoms with E-state index in [2.05, 4.69) is 4.99 Å². The monoisotopic (exact) mass is 506 g/mol. The number of anilines is 2. The maximum Gasteiger partial charge on any atom is 0.354 e. The molecule has 0 saturated carbocycles. The first kappa shape index (κ1) is 27.4. The quantitative estimate of drug-likeness (QED) is 0.248. The van der Waals surface area contributed by atoms with E-state index in [-0.39, 0.29) is 29.8 Å². The molecular formula is C28H34N4O5. The van der Waals surface area contributed by atoms with Crippen LogP contribution in [0, 0.1) is 0 Å². The van der Waals surface area contributed by atoms with Crippen LogP contribution in [0.2, 0.25) is 0 Å². The number of piperidine rings is 2. The van der Waals surface area contributed by atoms with Gasteiger partial charge in [0, 0.05) is 42.7 Å². The minimum Gasteiger partial charge on any atom is -0.497 e. The van der Waals surface area contributed by atoms with Crippen LogP contribution in [0.5, 0.6) is 0 Å². The summed E-state index contributed by atoms with van der Waals surface area (Å²) in [6.45, 7) is 4.73. The number of amides is 2. The Morgan fingerprint density at radius 1 is 1.08 bits per heavy atom. The molecule has 0 aliphatic carbocycles. The highest BCUT2D eigenvalue weighted by atomic mass is 16.5.